The molecule has 1 fully saturated rings. The molecule has 1 aliphatic rings. The maximum absolute atomic E-state index is 12.3. The monoisotopic (exact) mass is 369 g/mol. The molecule has 1 amide bonds. The largest absolute Gasteiger partial charge is 0.471 e. The van der Waals surface area contributed by atoms with Crippen LogP contribution in [-0.2, 0) is 15.6 Å². The highest BCUT2D eigenvalue weighted by Crippen LogP contribution is 2.26. The number of likely N-dealkylation sites (tertiary alicyclic amines) is 1. The number of hydrogen-bond acceptors (Lipinski definition) is 2. The van der Waals surface area contributed by atoms with Crippen LogP contribution >= 0.6 is 15.9 Å². The number of benzene rings is 1. The van der Waals surface area contributed by atoms with Crippen molar-refractivity contribution in [3.8, 4) is 0 Å². The molecule has 0 spiro atoms. The van der Waals surface area contributed by atoms with E-state index in [1.807, 2.05) is 0 Å². The molecule has 8 heteroatoms. The molecule has 2 rings (SSSR count). The fourth-order valence-electron chi connectivity index (χ4n) is 2.03. The second-order valence-electron chi connectivity index (χ2n) is 4.41. The second kappa shape index (κ2) is 5.85. The molecule has 0 aliphatic carbocycles. The van der Waals surface area contributed by atoms with Crippen LogP contribution in [0.25, 0.3) is 0 Å². The third-order valence-corrected chi connectivity index (χ3v) is 5.28. The van der Waals surface area contributed by atoms with Crippen molar-refractivity contribution in [3.63, 3.8) is 0 Å². The Bertz CT molecular complexity index is 532. The number of hydrogen-bond donors (Lipinski definition) is 0. The van der Waals surface area contributed by atoms with Gasteiger partial charge in [0, 0.05) is 22.5 Å². The molecule has 3 nitrogen and oxygen atoms in total. The highest BCUT2D eigenvalue weighted by Gasteiger charge is 2.45. The van der Waals surface area contributed by atoms with E-state index in [1.54, 1.807) is 24.3 Å². The van der Waals surface area contributed by atoms with Gasteiger partial charge in [0.25, 0.3) is 0 Å². The molecule has 0 saturated carbocycles. The van der Waals surface area contributed by atoms with Crippen LogP contribution in [0.5, 0.6) is 0 Å². The highest BCUT2D eigenvalue weighted by molar-refractivity contribution is 9.10. The zero-order valence-corrected chi connectivity index (χ0v) is 12.6. The van der Waals surface area contributed by atoms with Crippen LogP contribution in [-0.4, -0.2) is 39.5 Å². The van der Waals surface area contributed by atoms with E-state index in [4.69, 9.17) is 0 Å². The molecule has 0 bridgehead atoms. The molecule has 1 aromatic carbocycles. The zero-order chi connectivity index (χ0) is 14.9. The van der Waals surface area contributed by atoms with Crippen molar-refractivity contribution in [1.29, 1.82) is 0 Å². The fraction of sp³-hybridized carbons (Fsp3) is 0.417. The summed E-state index contributed by atoms with van der Waals surface area (Å²) in [5, 5.41) is -0.456. The van der Waals surface area contributed by atoms with Gasteiger partial charge in [-0.25, -0.2) is 0 Å². The third kappa shape index (κ3) is 3.41. The minimum Gasteiger partial charge on any atom is -0.334 e. The predicted molar refractivity (Wildman–Crippen MR) is 71.6 cm³/mol. The summed E-state index contributed by atoms with van der Waals surface area (Å²) in [5.74, 6) is -1.85. The summed E-state index contributed by atoms with van der Waals surface area (Å²) in [6, 6.07) is 6.77. The lowest BCUT2D eigenvalue weighted by Gasteiger charge is -2.17. The second-order valence-corrected chi connectivity index (χ2v) is 7.06. The van der Waals surface area contributed by atoms with Crippen LogP contribution in [0.15, 0.2) is 33.6 Å². The Labute approximate surface area is 124 Å². The molecule has 0 N–H and O–H groups in total. The number of amides is 1. The van der Waals surface area contributed by atoms with E-state index in [0.29, 0.717) is 11.3 Å². The van der Waals surface area contributed by atoms with Gasteiger partial charge in [0.1, 0.15) is 0 Å². The molecule has 0 radical (unpaired) electrons. The van der Waals surface area contributed by atoms with Gasteiger partial charge in [-0.15, -0.1) is 0 Å². The Morgan fingerprint density at radius 3 is 2.45 bits per heavy atom. The fourth-order valence-corrected chi connectivity index (χ4v) is 3.72. The molecule has 2 unspecified atom stereocenters. The van der Waals surface area contributed by atoms with Crippen molar-refractivity contribution in [2.45, 2.75) is 22.7 Å². The molecule has 20 heavy (non-hydrogen) atoms. The molecule has 110 valence electrons. The number of carbonyl (C=O) groups is 1. The van der Waals surface area contributed by atoms with E-state index in [2.05, 4.69) is 15.9 Å². The normalized spacial score (nSPS) is 21.0. The molecule has 1 saturated heterocycles. The van der Waals surface area contributed by atoms with Crippen LogP contribution in [0.1, 0.15) is 6.42 Å². The van der Waals surface area contributed by atoms with E-state index in [0.717, 1.165) is 9.37 Å². The molecular weight excluding hydrogens is 359 g/mol. The lowest BCUT2D eigenvalue weighted by molar-refractivity contribution is -0.184. The third-order valence-electron chi connectivity index (χ3n) is 3.02. The first-order valence-electron chi connectivity index (χ1n) is 5.81. The maximum atomic E-state index is 12.3. The van der Waals surface area contributed by atoms with Crippen molar-refractivity contribution in [2.75, 3.05) is 13.1 Å². The van der Waals surface area contributed by atoms with E-state index in [-0.39, 0.29) is 13.1 Å². The molecule has 1 heterocycles. The summed E-state index contributed by atoms with van der Waals surface area (Å²) in [6.45, 7) is -0.133. The van der Waals surface area contributed by atoms with E-state index in [1.165, 1.54) is 0 Å². The number of rotatable bonds is 2. The average molecular weight is 370 g/mol. The van der Waals surface area contributed by atoms with Gasteiger partial charge in [0.15, 0.2) is 0 Å². The quantitative estimate of drug-likeness (QED) is 0.803. The van der Waals surface area contributed by atoms with Crippen molar-refractivity contribution < 1.29 is 22.2 Å². The SMILES string of the molecule is O=C(N1CCC(S(=O)c2ccc(Br)cc2)C1)C(F)(F)F. The Hall–Kier alpha value is -0.890. The van der Waals surface area contributed by atoms with E-state index < -0.39 is 28.1 Å². The number of carbonyl (C=O) groups excluding carboxylic acids is 1. The highest BCUT2D eigenvalue weighted by atomic mass is 79.9. The van der Waals surface area contributed by atoms with Crippen molar-refractivity contribution >= 4 is 32.6 Å². The first kappa shape index (κ1) is 15.5. The summed E-state index contributed by atoms with van der Waals surface area (Å²) >= 11 is 3.25. The van der Waals surface area contributed by atoms with Crippen molar-refractivity contribution in [3.05, 3.63) is 28.7 Å². The van der Waals surface area contributed by atoms with Gasteiger partial charge < -0.3 is 4.90 Å². The molecule has 1 aliphatic heterocycles. The predicted octanol–water partition coefficient (Wildman–Crippen LogP) is 2.72. The van der Waals surface area contributed by atoms with Gasteiger partial charge in [-0.2, -0.15) is 13.2 Å². The van der Waals surface area contributed by atoms with Crippen LogP contribution < -0.4 is 0 Å². The summed E-state index contributed by atoms with van der Waals surface area (Å²) in [7, 11) is -1.41. The van der Waals surface area contributed by atoms with E-state index in [9.17, 15) is 22.2 Å². The first-order chi connectivity index (χ1) is 9.29. The minimum atomic E-state index is -4.87. The summed E-state index contributed by atoms with van der Waals surface area (Å²) in [6.07, 6.45) is -4.56. The molecule has 0 aromatic heterocycles. The van der Waals surface area contributed by atoms with Gasteiger partial charge in [0.05, 0.1) is 16.0 Å². The number of nitrogens with zero attached hydrogens (tertiary/aromatic N) is 1. The maximum Gasteiger partial charge on any atom is 0.471 e. The van der Waals surface area contributed by atoms with Gasteiger partial charge in [-0.05, 0) is 30.7 Å². The molecular formula is C12H11BrF3NO2S. The first-order valence-corrected chi connectivity index (χ1v) is 7.82. The van der Waals surface area contributed by atoms with E-state index >= 15 is 0 Å². The Kier molecular flexibility index (Phi) is 4.53. The smallest absolute Gasteiger partial charge is 0.334 e. The Balaban J connectivity index is 2.04. The van der Waals surface area contributed by atoms with Gasteiger partial charge in [-0.3, -0.25) is 9.00 Å². The minimum absolute atomic E-state index is 0.00865. The lowest BCUT2D eigenvalue weighted by Crippen LogP contribution is -2.40. The average Bonchev–Trinajstić information content (AvgIpc) is 2.86. The topological polar surface area (TPSA) is 37.4 Å². The lowest BCUT2D eigenvalue weighted by atomic mass is 10.4. The van der Waals surface area contributed by atoms with Crippen LogP contribution in [0.2, 0.25) is 0 Å². The number of alkyl halides is 3. The van der Waals surface area contributed by atoms with Gasteiger partial charge in [0.2, 0.25) is 0 Å². The van der Waals surface area contributed by atoms with Crippen LogP contribution in [0.3, 0.4) is 0 Å². The van der Waals surface area contributed by atoms with Crippen LogP contribution in [0, 0.1) is 0 Å². The standard InChI is InChI=1S/C12H11BrF3NO2S/c13-8-1-3-9(4-2-8)20(19)10-5-6-17(7-10)11(18)12(14,15)16/h1-4,10H,5-7H2. The zero-order valence-electron chi connectivity index (χ0n) is 10.2. The summed E-state index contributed by atoms with van der Waals surface area (Å²) in [4.78, 5) is 12.4. The summed E-state index contributed by atoms with van der Waals surface area (Å²) in [5.41, 5.74) is 0. The van der Waals surface area contributed by atoms with Crippen molar-refractivity contribution in [2.24, 2.45) is 0 Å². The summed E-state index contributed by atoms with van der Waals surface area (Å²) < 4.78 is 50.1. The Morgan fingerprint density at radius 2 is 1.90 bits per heavy atom. The molecule has 1 aromatic rings. The van der Waals surface area contributed by atoms with Gasteiger partial charge >= 0.3 is 12.1 Å². The Morgan fingerprint density at radius 1 is 1.30 bits per heavy atom. The van der Waals surface area contributed by atoms with Gasteiger partial charge in [-0.1, -0.05) is 15.9 Å². The van der Waals surface area contributed by atoms with Crippen LogP contribution in [0.4, 0.5) is 13.2 Å². The molecule has 2 atom stereocenters. The number of halogens is 4. The van der Waals surface area contributed by atoms with Crippen molar-refractivity contribution in [1.82, 2.24) is 4.90 Å².